The number of ether oxygens (including phenoxy) is 1. The van der Waals surface area contributed by atoms with Crippen molar-refractivity contribution in [1.29, 1.82) is 0 Å². The summed E-state index contributed by atoms with van der Waals surface area (Å²) < 4.78 is 5.15. The maximum absolute atomic E-state index is 11.9. The molecule has 2 aromatic rings. The number of nitrogens with one attached hydrogen (secondary N) is 1. The third kappa shape index (κ3) is 2.82. The zero-order valence-corrected chi connectivity index (χ0v) is 11.4. The fraction of sp³-hybridized carbons (Fsp3) is 0.235. The third-order valence-electron chi connectivity index (χ3n) is 3.48. The fourth-order valence-corrected chi connectivity index (χ4v) is 2.09. The standard InChI is InChI=1S/C17H17NO2/c1-20-16-10-6-13(7-11-16)12-2-4-14(5-3-12)17(19)18-15-8-9-15/h2-7,10-11,15H,8-9H2,1H3,(H,18,19). The summed E-state index contributed by atoms with van der Waals surface area (Å²) in [6.45, 7) is 0. The smallest absolute Gasteiger partial charge is 0.251 e. The predicted octanol–water partition coefficient (Wildman–Crippen LogP) is 3.25. The molecule has 0 aromatic heterocycles. The van der Waals surface area contributed by atoms with E-state index in [-0.39, 0.29) is 5.91 Å². The van der Waals surface area contributed by atoms with Crippen LogP contribution in [0.25, 0.3) is 11.1 Å². The first-order valence-electron chi connectivity index (χ1n) is 6.81. The summed E-state index contributed by atoms with van der Waals surface area (Å²) in [5.41, 5.74) is 2.92. The van der Waals surface area contributed by atoms with Gasteiger partial charge in [-0.25, -0.2) is 0 Å². The van der Waals surface area contributed by atoms with Gasteiger partial charge in [-0.05, 0) is 48.2 Å². The molecule has 0 spiro atoms. The number of carbonyl (C=O) groups excluding carboxylic acids is 1. The zero-order valence-electron chi connectivity index (χ0n) is 11.4. The van der Waals surface area contributed by atoms with E-state index in [2.05, 4.69) is 5.32 Å². The van der Waals surface area contributed by atoms with Gasteiger partial charge in [-0.15, -0.1) is 0 Å². The van der Waals surface area contributed by atoms with E-state index in [9.17, 15) is 4.79 Å². The van der Waals surface area contributed by atoms with Crippen LogP contribution in [0, 0.1) is 0 Å². The Hall–Kier alpha value is -2.29. The first-order valence-corrected chi connectivity index (χ1v) is 6.81. The lowest BCUT2D eigenvalue weighted by molar-refractivity contribution is 0.0951. The van der Waals surface area contributed by atoms with E-state index in [1.165, 1.54) is 0 Å². The van der Waals surface area contributed by atoms with Crippen LogP contribution in [0.3, 0.4) is 0 Å². The number of hydrogen-bond donors (Lipinski definition) is 1. The Labute approximate surface area is 118 Å². The van der Waals surface area contributed by atoms with Gasteiger partial charge in [-0.2, -0.15) is 0 Å². The van der Waals surface area contributed by atoms with Crippen LogP contribution in [0.5, 0.6) is 5.75 Å². The van der Waals surface area contributed by atoms with Gasteiger partial charge in [0, 0.05) is 11.6 Å². The number of carbonyl (C=O) groups is 1. The Morgan fingerprint density at radius 2 is 1.55 bits per heavy atom. The van der Waals surface area contributed by atoms with Crippen molar-refractivity contribution in [2.45, 2.75) is 18.9 Å². The minimum Gasteiger partial charge on any atom is -0.497 e. The van der Waals surface area contributed by atoms with Crippen molar-refractivity contribution in [3.05, 3.63) is 54.1 Å². The Morgan fingerprint density at radius 1 is 1.00 bits per heavy atom. The highest BCUT2D eigenvalue weighted by molar-refractivity contribution is 5.95. The fourth-order valence-electron chi connectivity index (χ4n) is 2.09. The summed E-state index contributed by atoms with van der Waals surface area (Å²) in [6.07, 6.45) is 2.21. The average molecular weight is 267 g/mol. The molecule has 102 valence electrons. The number of amides is 1. The Balaban J connectivity index is 1.75. The SMILES string of the molecule is COc1ccc(-c2ccc(C(=O)NC3CC3)cc2)cc1. The van der Waals surface area contributed by atoms with Crippen LogP contribution < -0.4 is 10.1 Å². The van der Waals surface area contributed by atoms with E-state index in [1.54, 1.807) is 7.11 Å². The van der Waals surface area contributed by atoms with E-state index >= 15 is 0 Å². The minimum atomic E-state index is 0.0220. The molecular formula is C17H17NO2. The largest absolute Gasteiger partial charge is 0.497 e. The van der Waals surface area contributed by atoms with Crippen molar-refractivity contribution in [2.24, 2.45) is 0 Å². The second-order valence-corrected chi connectivity index (χ2v) is 5.05. The molecule has 3 heteroatoms. The molecular weight excluding hydrogens is 250 g/mol. The van der Waals surface area contributed by atoms with E-state index in [1.807, 2.05) is 48.5 Å². The number of rotatable bonds is 4. The van der Waals surface area contributed by atoms with Gasteiger partial charge in [0.1, 0.15) is 5.75 Å². The van der Waals surface area contributed by atoms with Gasteiger partial charge in [-0.1, -0.05) is 24.3 Å². The average Bonchev–Trinajstić information content (AvgIpc) is 3.31. The first-order chi connectivity index (χ1) is 9.76. The molecule has 0 radical (unpaired) electrons. The molecule has 0 aliphatic heterocycles. The van der Waals surface area contributed by atoms with Crippen LogP contribution in [0.2, 0.25) is 0 Å². The van der Waals surface area contributed by atoms with Gasteiger partial charge < -0.3 is 10.1 Å². The molecule has 0 heterocycles. The first kappa shape index (κ1) is 12.7. The molecule has 0 unspecified atom stereocenters. The molecule has 0 saturated heterocycles. The van der Waals surface area contributed by atoms with Crippen LogP contribution >= 0.6 is 0 Å². The lowest BCUT2D eigenvalue weighted by atomic mass is 10.0. The molecule has 2 aromatic carbocycles. The van der Waals surface area contributed by atoms with Crippen LogP contribution in [-0.2, 0) is 0 Å². The molecule has 1 amide bonds. The quantitative estimate of drug-likeness (QED) is 0.923. The monoisotopic (exact) mass is 267 g/mol. The van der Waals surface area contributed by atoms with E-state index in [0.717, 1.165) is 29.7 Å². The van der Waals surface area contributed by atoms with Gasteiger partial charge in [-0.3, -0.25) is 4.79 Å². The van der Waals surface area contributed by atoms with E-state index < -0.39 is 0 Å². The van der Waals surface area contributed by atoms with Gasteiger partial charge in [0.05, 0.1) is 7.11 Å². The summed E-state index contributed by atoms with van der Waals surface area (Å²) in [5.74, 6) is 0.864. The molecule has 0 atom stereocenters. The minimum absolute atomic E-state index is 0.0220. The Morgan fingerprint density at radius 3 is 2.05 bits per heavy atom. The summed E-state index contributed by atoms with van der Waals surface area (Å²) in [7, 11) is 1.66. The Kier molecular flexibility index (Phi) is 3.42. The van der Waals surface area contributed by atoms with Crippen LogP contribution in [0.4, 0.5) is 0 Å². The zero-order chi connectivity index (χ0) is 13.9. The number of methoxy groups -OCH3 is 1. The highest BCUT2D eigenvalue weighted by atomic mass is 16.5. The summed E-state index contributed by atoms with van der Waals surface area (Å²) in [4.78, 5) is 11.9. The lowest BCUT2D eigenvalue weighted by Crippen LogP contribution is -2.25. The molecule has 1 aliphatic rings. The lowest BCUT2D eigenvalue weighted by Gasteiger charge is -2.06. The molecule has 20 heavy (non-hydrogen) atoms. The van der Waals surface area contributed by atoms with E-state index in [4.69, 9.17) is 4.74 Å². The van der Waals surface area contributed by atoms with Crippen LogP contribution in [-0.4, -0.2) is 19.1 Å². The molecule has 1 N–H and O–H groups in total. The van der Waals surface area contributed by atoms with Gasteiger partial charge >= 0.3 is 0 Å². The highest BCUT2D eigenvalue weighted by Gasteiger charge is 2.23. The second-order valence-electron chi connectivity index (χ2n) is 5.05. The number of benzene rings is 2. The maximum atomic E-state index is 11.9. The van der Waals surface area contributed by atoms with Crippen LogP contribution in [0.15, 0.2) is 48.5 Å². The molecule has 3 rings (SSSR count). The van der Waals surface area contributed by atoms with Crippen molar-refractivity contribution in [3.8, 4) is 16.9 Å². The molecule has 1 saturated carbocycles. The normalized spacial score (nSPS) is 13.8. The van der Waals surface area contributed by atoms with Gasteiger partial charge in [0.25, 0.3) is 5.91 Å². The molecule has 1 fully saturated rings. The topological polar surface area (TPSA) is 38.3 Å². The van der Waals surface area contributed by atoms with Gasteiger partial charge in [0.2, 0.25) is 0 Å². The van der Waals surface area contributed by atoms with Gasteiger partial charge in [0.15, 0.2) is 0 Å². The van der Waals surface area contributed by atoms with Crippen molar-refractivity contribution in [1.82, 2.24) is 5.32 Å². The second kappa shape index (κ2) is 5.37. The van der Waals surface area contributed by atoms with Crippen molar-refractivity contribution in [2.75, 3.05) is 7.11 Å². The van der Waals surface area contributed by atoms with Crippen molar-refractivity contribution in [3.63, 3.8) is 0 Å². The summed E-state index contributed by atoms with van der Waals surface area (Å²) in [6, 6.07) is 16.0. The maximum Gasteiger partial charge on any atom is 0.251 e. The van der Waals surface area contributed by atoms with E-state index in [0.29, 0.717) is 11.6 Å². The van der Waals surface area contributed by atoms with Crippen molar-refractivity contribution >= 4 is 5.91 Å². The molecule has 3 nitrogen and oxygen atoms in total. The summed E-state index contributed by atoms with van der Waals surface area (Å²) in [5, 5.41) is 2.99. The van der Waals surface area contributed by atoms with Crippen molar-refractivity contribution < 1.29 is 9.53 Å². The highest BCUT2D eigenvalue weighted by Crippen LogP contribution is 2.23. The predicted molar refractivity (Wildman–Crippen MR) is 78.9 cm³/mol. The number of hydrogen-bond acceptors (Lipinski definition) is 2. The third-order valence-corrected chi connectivity index (χ3v) is 3.48. The summed E-state index contributed by atoms with van der Waals surface area (Å²) >= 11 is 0. The molecule has 0 bridgehead atoms. The molecule has 1 aliphatic carbocycles. The van der Waals surface area contributed by atoms with Crippen LogP contribution in [0.1, 0.15) is 23.2 Å². The Bertz CT molecular complexity index is 598.